The fraction of sp³-hybridized carbons (Fsp3) is 0.933. The largest absolute Gasteiger partial charge is 0.457 e. The summed E-state index contributed by atoms with van der Waals surface area (Å²) in [6, 6.07) is 0. The van der Waals surface area contributed by atoms with Gasteiger partial charge in [-0.1, -0.05) is 0 Å². The molecule has 0 radical (unpaired) electrons. The molecule has 0 amide bonds. The summed E-state index contributed by atoms with van der Waals surface area (Å²) in [5, 5.41) is 19.9. The van der Waals surface area contributed by atoms with E-state index < -0.39 is 49.1 Å². The molecule has 2 N–H and O–H groups in total. The topological polar surface area (TPSA) is 104 Å². The SMILES string of the molecule is CO[C@@H]1[C@H](O)C[C@@H](O[C@@H]2C[C@H](O)O[C@H](C)[C@@H]2OC(C)=O)O[C@@H]1C. The van der Waals surface area contributed by atoms with Crippen LogP contribution in [0.3, 0.4) is 0 Å². The van der Waals surface area contributed by atoms with Crippen LogP contribution < -0.4 is 0 Å². The first-order chi connectivity index (χ1) is 10.8. The van der Waals surface area contributed by atoms with E-state index in [4.69, 9.17) is 23.7 Å². The van der Waals surface area contributed by atoms with E-state index in [-0.39, 0.29) is 18.9 Å². The van der Waals surface area contributed by atoms with E-state index in [9.17, 15) is 15.0 Å². The smallest absolute Gasteiger partial charge is 0.303 e. The van der Waals surface area contributed by atoms with Crippen LogP contribution in [0.5, 0.6) is 0 Å². The van der Waals surface area contributed by atoms with Gasteiger partial charge in [0.05, 0.1) is 18.3 Å². The average molecular weight is 334 g/mol. The highest BCUT2D eigenvalue weighted by atomic mass is 16.7. The van der Waals surface area contributed by atoms with Crippen molar-refractivity contribution in [2.24, 2.45) is 0 Å². The molecule has 0 saturated carbocycles. The average Bonchev–Trinajstić information content (AvgIpc) is 2.42. The lowest BCUT2D eigenvalue weighted by atomic mass is 10.00. The van der Waals surface area contributed by atoms with Crippen molar-refractivity contribution < 1.29 is 38.7 Å². The van der Waals surface area contributed by atoms with E-state index in [1.807, 2.05) is 0 Å². The quantitative estimate of drug-likeness (QED) is 0.689. The molecule has 2 aliphatic rings. The summed E-state index contributed by atoms with van der Waals surface area (Å²) >= 11 is 0. The molecule has 2 heterocycles. The molecule has 2 fully saturated rings. The fourth-order valence-electron chi connectivity index (χ4n) is 3.16. The van der Waals surface area contributed by atoms with Crippen LogP contribution >= 0.6 is 0 Å². The number of carbonyl (C=O) groups is 1. The summed E-state index contributed by atoms with van der Waals surface area (Å²) in [6.45, 7) is 4.80. The van der Waals surface area contributed by atoms with Crippen molar-refractivity contribution in [2.45, 2.75) is 82.8 Å². The Labute approximate surface area is 135 Å². The lowest BCUT2D eigenvalue weighted by Gasteiger charge is -2.42. The van der Waals surface area contributed by atoms with Gasteiger partial charge in [-0.25, -0.2) is 0 Å². The van der Waals surface area contributed by atoms with Gasteiger partial charge in [0.2, 0.25) is 0 Å². The zero-order valence-corrected chi connectivity index (χ0v) is 13.9. The van der Waals surface area contributed by atoms with Crippen LogP contribution in [-0.4, -0.2) is 72.5 Å². The molecule has 0 unspecified atom stereocenters. The molecule has 2 aliphatic heterocycles. The van der Waals surface area contributed by atoms with E-state index in [1.165, 1.54) is 14.0 Å². The molecule has 0 aliphatic carbocycles. The Morgan fingerprint density at radius 3 is 2.30 bits per heavy atom. The van der Waals surface area contributed by atoms with Gasteiger partial charge in [0, 0.05) is 26.9 Å². The lowest BCUT2D eigenvalue weighted by Crippen LogP contribution is -2.54. The zero-order valence-electron chi connectivity index (χ0n) is 13.9. The second kappa shape index (κ2) is 7.87. The summed E-state index contributed by atoms with van der Waals surface area (Å²) in [6.07, 6.45) is -4.51. The van der Waals surface area contributed by atoms with Gasteiger partial charge in [0.25, 0.3) is 0 Å². The number of hydrogen-bond acceptors (Lipinski definition) is 8. The summed E-state index contributed by atoms with van der Waals surface area (Å²) in [7, 11) is 1.52. The number of aliphatic hydroxyl groups excluding tert-OH is 2. The van der Waals surface area contributed by atoms with Gasteiger partial charge < -0.3 is 33.9 Å². The number of hydrogen-bond donors (Lipinski definition) is 2. The maximum absolute atomic E-state index is 11.3. The minimum atomic E-state index is -1.00. The van der Waals surface area contributed by atoms with E-state index in [0.29, 0.717) is 0 Å². The van der Waals surface area contributed by atoms with Gasteiger partial charge in [0.15, 0.2) is 18.7 Å². The van der Waals surface area contributed by atoms with E-state index in [0.717, 1.165) is 0 Å². The third kappa shape index (κ3) is 4.62. The van der Waals surface area contributed by atoms with Crippen LogP contribution in [0.4, 0.5) is 0 Å². The predicted octanol–water partition coefficient (Wildman–Crippen LogP) is -0.0587. The van der Waals surface area contributed by atoms with Gasteiger partial charge in [-0.05, 0) is 13.8 Å². The van der Waals surface area contributed by atoms with Crippen LogP contribution in [-0.2, 0) is 28.5 Å². The predicted molar refractivity (Wildman–Crippen MR) is 77.4 cm³/mol. The first-order valence-electron chi connectivity index (χ1n) is 7.84. The van der Waals surface area contributed by atoms with E-state index >= 15 is 0 Å². The molecular weight excluding hydrogens is 308 g/mol. The van der Waals surface area contributed by atoms with Crippen LogP contribution in [0.1, 0.15) is 33.6 Å². The Hall–Kier alpha value is -0.770. The Morgan fingerprint density at radius 1 is 1.09 bits per heavy atom. The first kappa shape index (κ1) is 18.6. The maximum atomic E-state index is 11.3. The van der Waals surface area contributed by atoms with Crippen LogP contribution in [0, 0.1) is 0 Å². The first-order valence-corrected chi connectivity index (χ1v) is 7.84. The number of methoxy groups -OCH3 is 1. The Balaban J connectivity index is 2.02. The third-order valence-corrected chi connectivity index (χ3v) is 4.18. The van der Waals surface area contributed by atoms with Crippen molar-refractivity contribution in [3.63, 3.8) is 0 Å². The molecule has 0 aromatic rings. The highest BCUT2D eigenvalue weighted by molar-refractivity contribution is 5.66. The molecule has 0 spiro atoms. The molecule has 8 heteroatoms. The van der Waals surface area contributed by atoms with Crippen molar-refractivity contribution in [3.05, 3.63) is 0 Å². The summed E-state index contributed by atoms with van der Waals surface area (Å²) in [5.74, 6) is -0.451. The van der Waals surface area contributed by atoms with Gasteiger partial charge in [0.1, 0.15) is 12.2 Å². The highest BCUT2D eigenvalue weighted by Crippen LogP contribution is 2.29. The molecule has 0 bridgehead atoms. The second-order valence-corrected chi connectivity index (χ2v) is 6.05. The minimum absolute atomic E-state index is 0.153. The Morgan fingerprint density at radius 2 is 1.74 bits per heavy atom. The molecule has 2 rings (SSSR count). The van der Waals surface area contributed by atoms with Crippen LogP contribution in [0.15, 0.2) is 0 Å². The molecule has 2 saturated heterocycles. The molecule has 0 aromatic carbocycles. The monoisotopic (exact) mass is 334 g/mol. The number of rotatable bonds is 4. The third-order valence-electron chi connectivity index (χ3n) is 4.18. The number of carbonyl (C=O) groups excluding carboxylic acids is 1. The van der Waals surface area contributed by atoms with Gasteiger partial charge in [-0.3, -0.25) is 4.79 Å². The van der Waals surface area contributed by atoms with Crippen molar-refractivity contribution in [1.82, 2.24) is 0 Å². The van der Waals surface area contributed by atoms with Crippen molar-refractivity contribution in [2.75, 3.05) is 7.11 Å². The summed E-state index contributed by atoms with van der Waals surface area (Å²) in [4.78, 5) is 11.3. The van der Waals surface area contributed by atoms with Gasteiger partial charge in [-0.2, -0.15) is 0 Å². The second-order valence-electron chi connectivity index (χ2n) is 6.05. The normalized spacial score (nSPS) is 44.8. The number of esters is 1. The molecule has 23 heavy (non-hydrogen) atoms. The fourth-order valence-corrected chi connectivity index (χ4v) is 3.16. The molecule has 8 nitrogen and oxygen atoms in total. The Kier molecular flexibility index (Phi) is 6.35. The summed E-state index contributed by atoms with van der Waals surface area (Å²) in [5.41, 5.74) is 0. The molecule has 0 aromatic heterocycles. The molecule has 8 atom stereocenters. The van der Waals surface area contributed by atoms with Crippen molar-refractivity contribution in [1.29, 1.82) is 0 Å². The van der Waals surface area contributed by atoms with Gasteiger partial charge in [-0.15, -0.1) is 0 Å². The van der Waals surface area contributed by atoms with Crippen LogP contribution in [0.25, 0.3) is 0 Å². The van der Waals surface area contributed by atoms with Crippen molar-refractivity contribution >= 4 is 5.97 Å². The lowest BCUT2D eigenvalue weighted by molar-refractivity contribution is -0.304. The Bertz CT molecular complexity index is 391. The maximum Gasteiger partial charge on any atom is 0.303 e. The minimum Gasteiger partial charge on any atom is -0.457 e. The van der Waals surface area contributed by atoms with Gasteiger partial charge >= 0.3 is 5.97 Å². The summed E-state index contributed by atoms with van der Waals surface area (Å²) < 4.78 is 27.3. The van der Waals surface area contributed by atoms with Crippen molar-refractivity contribution in [3.8, 4) is 0 Å². The highest BCUT2D eigenvalue weighted by Gasteiger charge is 2.43. The standard InChI is InChI=1S/C15H26O8/c1-7-14(19-4)10(17)5-13(21-7)23-11-6-12(18)20-8(2)15(11)22-9(3)16/h7-8,10-15,17-18H,5-6H2,1-4H3/t7-,8-,10-,11-,12-,13-,14+,15+/m1/s1. The van der Waals surface area contributed by atoms with Crippen LogP contribution in [0.2, 0.25) is 0 Å². The van der Waals surface area contributed by atoms with E-state index in [2.05, 4.69) is 0 Å². The molecular formula is C15H26O8. The zero-order chi connectivity index (χ0) is 17.1. The number of aliphatic hydroxyl groups is 2. The molecule has 134 valence electrons. The van der Waals surface area contributed by atoms with E-state index in [1.54, 1.807) is 13.8 Å². The number of ether oxygens (including phenoxy) is 5.